The molecule has 0 radical (unpaired) electrons. The highest BCUT2D eigenvalue weighted by molar-refractivity contribution is 6.30. The Morgan fingerprint density at radius 3 is 2.31 bits per heavy atom. The number of anilines is 1. The van der Waals surface area contributed by atoms with Crippen LogP contribution in [0.25, 0.3) is 6.08 Å². The van der Waals surface area contributed by atoms with Crippen LogP contribution in [0.5, 0.6) is 0 Å². The van der Waals surface area contributed by atoms with Crippen molar-refractivity contribution in [3.8, 4) is 0 Å². The summed E-state index contributed by atoms with van der Waals surface area (Å²) in [4.78, 5) is 62.7. The molecule has 0 atom stereocenters. The van der Waals surface area contributed by atoms with E-state index in [0.717, 1.165) is 17.8 Å². The van der Waals surface area contributed by atoms with Crippen molar-refractivity contribution in [2.24, 2.45) is 0 Å². The van der Waals surface area contributed by atoms with E-state index in [1.807, 2.05) is 0 Å². The smallest absolute Gasteiger partial charge is 0.333 e. The number of benzene rings is 2. The van der Waals surface area contributed by atoms with Gasteiger partial charge in [0.15, 0.2) is 6.61 Å². The van der Waals surface area contributed by atoms with E-state index in [9.17, 15) is 24.0 Å². The Morgan fingerprint density at radius 1 is 1.00 bits per heavy atom. The largest absolute Gasteiger partial charge is 0.468 e. The number of hydrogen-bond acceptors (Lipinski definition) is 8. The van der Waals surface area contributed by atoms with Crippen molar-refractivity contribution >= 4 is 41.2 Å². The monoisotopic (exact) mass is 511 g/mol. The first-order chi connectivity index (χ1) is 17.2. The minimum absolute atomic E-state index is 0.0726. The van der Waals surface area contributed by atoms with Gasteiger partial charge < -0.3 is 15.2 Å². The van der Waals surface area contributed by atoms with Gasteiger partial charge in [-0.05, 0) is 29.3 Å². The molecular formula is C25H22ClN3O7. The molecule has 1 heterocycles. The van der Waals surface area contributed by atoms with Crippen LogP contribution < -0.4 is 17.0 Å². The number of ketones is 1. The highest BCUT2D eigenvalue weighted by atomic mass is 35.5. The maximum absolute atomic E-state index is 13.0. The number of carbonyl (C=O) groups is 3. The zero-order valence-corrected chi connectivity index (χ0v) is 19.9. The molecule has 3 aromatic rings. The van der Waals surface area contributed by atoms with Crippen LogP contribution in [0.3, 0.4) is 0 Å². The molecule has 1 aromatic heterocycles. The van der Waals surface area contributed by atoms with Crippen molar-refractivity contribution in [3.63, 3.8) is 0 Å². The summed E-state index contributed by atoms with van der Waals surface area (Å²) in [5.74, 6) is -3.06. The van der Waals surface area contributed by atoms with E-state index in [1.165, 1.54) is 6.08 Å². The van der Waals surface area contributed by atoms with Crippen LogP contribution in [0.4, 0.5) is 5.82 Å². The third-order valence-corrected chi connectivity index (χ3v) is 5.32. The second-order valence-electron chi connectivity index (χ2n) is 7.50. The van der Waals surface area contributed by atoms with E-state index in [4.69, 9.17) is 22.1 Å². The predicted molar refractivity (Wildman–Crippen MR) is 133 cm³/mol. The lowest BCUT2D eigenvalue weighted by Gasteiger charge is -2.16. The molecule has 0 spiro atoms. The molecular weight excluding hydrogens is 490 g/mol. The van der Waals surface area contributed by atoms with Crippen LogP contribution in [0.2, 0.25) is 5.02 Å². The first kappa shape index (κ1) is 26.2. The first-order valence-electron chi connectivity index (χ1n) is 10.6. The number of nitrogens with two attached hydrogens (primary N) is 1. The fourth-order valence-electron chi connectivity index (χ4n) is 3.22. The Morgan fingerprint density at radius 2 is 1.67 bits per heavy atom. The second kappa shape index (κ2) is 11.8. The van der Waals surface area contributed by atoms with Crippen molar-refractivity contribution in [1.29, 1.82) is 0 Å². The molecule has 186 valence electrons. The van der Waals surface area contributed by atoms with Crippen LogP contribution >= 0.6 is 11.6 Å². The standard InChI is InChI=1S/C25H22ClN3O7/c1-35-21(32)14-29-24(33)22(23(27)28(25(29)34)13-17-5-3-2-4-6-17)19(30)15-36-20(31)12-9-16-7-10-18(26)11-8-16/h2-12H,13-15,27H2,1H3. The highest BCUT2D eigenvalue weighted by Gasteiger charge is 2.25. The van der Waals surface area contributed by atoms with Gasteiger partial charge in [0.2, 0.25) is 5.78 Å². The summed E-state index contributed by atoms with van der Waals surface area (Å²) >= 11 is 5.82. The van der Waals surface area contributed by atoms with Crippen LogP contribution in [0.15, 0.2) is 70.3 Å². The molecule has 11 heteroatoms. The van der Waals surface area contributed by atoms with Gasteiger partial charge in [-0.15, -0.1) is 0 Å². The number of nitrogens with zero attached hydrogens (tertiary/aromatic N) is 2. The lowest BCUT2D eigenvalue weighted by Crippen LogP contribution is -2.46. The average Bonchev–Trinajstić information content (AvgIpc) is 2.88. The minimum atomic E-state index is -1.09. The minimum Gasteiger partial charge on any atom is -0.468 e. The molecule has 0 bridgehead atoms. The molecule has 0 aliphatic heterocycles. The molecule has 3 rings (SSSR count). The fourth-order valence-corrected chi connectivity index (χ4v) is 3.35. The molecule has 0 fully saturated rings. The van der Waals surface area contributed by atoms with Crippen molar-refractivity contribution in [1.82, 2.24) is 9.13 Å². The summed E-state index contributed by atoms with van der Waals surface area (Å²) in [7, 11) is 1.09. The molecule has 0 aliphatic carbocycles. The number of hydrogen-bond donors (Lipinski definition) is 1. The normalized spacial score (nSPS) is 10.8. The molecule has 0 saturated carbocycles. The number of aromatic nitrogens is 2. The molecule has 10 nitrogen and oxygen atoms in total. The highest BCUT2D eigenvalue weighted by Crippen LogP contribution is 2.12. The zero-order chi connectivity index (χ0) is 26.2. The quantitative estimate of drug-likeness (QED) is 0.261. The number of ether oxygens (including phenoxy) is 2. The summed E-state index contributed by atoms with van der Waals surface area (Å²) in [5.41, 5.74) is 4.83. The van der Waals surface area contributed by atoms with Gasteiger partial charge in [0, 0.05) is 11.1 Å². The number of rotatable bonds is 9. The van der Waals surface area contributed by atoms with Gasteiger partial charge in [-0.1, -0.05) is 54.1 Å². The fraction of sp³-hybridized carbons (Fsp3) is 0.160. The maximum Gasteiger partial charge on any atom is 0.333 e. The predicted octanol–water partition coefficient (Wildman–Crippen LogP) is 1.91. The lowest BCUT2D eigenvalue weighted by atomic mass is 10.1. The van der Waals surface area contributed by atoms with Gasteiger partial charge in [0.25, 0.3) is 5.56 Å². The van der Waals surface area contributed by atoms with Gasteiger partial charge in [-0.25, -0.2) is 14.2 Å². The van der Waals surface area contributed by atoms with Crippen molar-refractivity contribution in [3.05, 3.63) is 103 Å². The van der Waals surface area contributed by atoms with Gasteiger partial charge in [0.05, 0.1) is 13.7 Å². The van der Waals surface area contributed by atoms with Crippen LogP contribution in [0, 0.1) is 0 Å². The van der Waals surface area contributed by atoms with Crippen molar-refractivity contribution in [2.75, 3.05) is 19.5 Å². The van der Waals surface area contributed by atoms with Crippen LogP contribution in [-0.4, -0.2) is 40.6 Å². The summed E-state index contributed by atoms with van der Waals surface area (Å²) in [6, 6.07) is 15.3. The van der Waals surface area contributed by atoms with Crippen LogP contribution in [0.1, 0.15) is 21.5 Å². The SMILES string of the molecule is COC(=O)Cn1c(=O)c(C(=O)COC(=O)C=Cc2ccc(Cl)cc2)c(N)n(Cc2ccccc2)c1=O. The topological polar surface area (TPSA) is 140 Å². The van der Waals surface area contributed by atoms with Crippen molar-refractivity contribution in [2.45, 2.75) is 13.1 Å². The number of carbonyl (C=O) groups excluding carboxylic acids is 3. The number of Topliss-reactive ketones (excluding diaryl/α,β-unsaturated/α-hetero) is 1. The maximum atomic E-state index is 13.0. The van der Waals surface area contributed by atoms with E-state index >= 15 is 0 Å². The Labute approximate surface area is 210 Å². The summed E-state index contributed by atoms with van der Waals surface area (Å²) < 4.78 is 11.1. The van der Waals surface area contributed by atoms with E-state index in [0.29, 0.717) is 20.7 Å². The molecule has 0 aliphatic rings. The van der Waals surface area contributed by atoms with Crippen LogP contribution in [-0.2, 0) is 32.2 Å². The Bertz CT molecular complexity index is 1420. The first-order valence-corrected chi connectivity index (χ1v) is 11.0. The Balaban J connectivity index is 1.89. The Hall–Kier alpha value is -4.44. The third kappa shape index (κ3) is 6.36. The average molecular weight is 512 g/mol. The van der Waals surface area contributed by atoms with E-state index in [2.05, 4.69) is 4.74 Å². The number of halogens is 1. The van der Waals surface area contributed by atoms with E-state index < -0.39 is 53.5 Å². The van der Waals surface area contributed by atoms with Gasteiger partial charge >= 0.3 is 17.6 Å². The molecule has 2 N–H and O–H groups in total. The van der Waals surface area contributed by atoms with Crippen molar-refractivity contribution < 1.29 is 23.9 Å². The zero-order valence-electron chi connectivity index (χ0n) is 19.2. The lowest BCUT2D eigenvalue weighted by molar-refractivity contribution is -0.141. The number of methoxy groups -OCH3 is 1. The van der Waals surface area contributed by atoms with Gasteiger partial charge in [-0.3, -0.25) is 19.0 Å². The summed E-state index contributed by atoms with van der Waals surface area (Å²) in [6.45, 7) is -1.62. The van der Waals surface area contributed by atoms with E-state index in [-0.39, 0.29) is 6.54 Å². The van der Waals surface area contributed by atoms with Gasteiger partial charge in [-0.2, -0.15) is 0 Å². The third-order valence-electron chi connectivity index (χ3n) is 5.07. The second-order valence-corrected chi connectivity index (χ2v) is 7.93. The molecule has 0 amide bonds. The van der Waals surface area contributed by atoms with E-state index in [1.54, 1.807) is 54.6 Å². The molecule has 0 unspecified atom stereocenters. The molecule has 0 saturated heterocycles. The Kier molecular flexibility index (Phi) is 8.58. The molecule has 36 heavy (non-hydrogen) atoms. The van der Waals surface area contributed by atoms with Gasteiger partial charge in [0.1, 0.15) is 17.9 Å². The number of nitrogen functional groups attached to an aromatic ring is 1. The summed E-state index contributed by atoms with van der Waals surface area (Å²) in [6.07, 6.45) is 2.56. The molecule has 2 aromatic carbocycles. The summed E-state index contributed by atoms with van der Waals surface area (Å²) in [5, 5.41) is 0.532. The number of esters is 2.